The number of halogens is 1. The van der Waals surface area contributed by atoms with Crippen LogP contribution in [0, 0.1) is 0 Å². The van der Waals surface area contributed by atoms with Crippen LogP contribution in [0.2, 0.25) is 0 Å². The second-order valence-corrected chi connectivity index (χ2v) is 4.58. The molecule has 0 spiro atoms. The first kappa shape index (κ1) is 11.3. The maximum atomic E-state index is 9.68. The van der Waals surface area contributed by atoms with Gasteiger partial charge in [0.15, 0.2) is 0 Å². The Balaban J connectivity index is 3.32. The SMILES string of the molecule is COc1cc(C(C)(C)N)c(O)cc1Br. The molecule has 0 aliphatic carbocycles. The average molecular weight is 260 g/mol. The Bertz CT molecular complexity index is 345. The van der Waals surface area contributed by atoms with Gasteiger partial charge in [-0.25, -0.2) is 0 Å². The van der Waals surface area contributed by atoms with E-state index < -0.39 is 5.54 Å². The molecule has 3 nitrogen and oxygen atoms in total. The van der Waals surface area contributed by atoms with E-state index in [-0.39, 0.29) is 5.75 Å². The van der Waals surface area contributed by atoms with E-state index >= 15 is 0 Å². The van der Waals surface area contributed by atoms with Crippen LogP contribution in [0.15, 0.2) is 16.6 Å². The van der Waals surface area contributed by atoms with E-state index in [1.54, 1.807) is 19.2 Å². The molecule has 1 aromatic rings. The van der Waals surface area contributed by atoms with Crippen molar-refractivity contribution >= 4 is 15.9 Å². The van der Waals surface area contributed by atoms with Gasteiger partial charge < -0.3 is 15.6 Å². The highest BCUT2D eigenvalue weighted by Gasteiger charge is 2.20. The zero-order chi connectivity index (χ0) is 10.9. The molecular formula is C10H14BrNO2. The maximum absolute atomic E-state index is 9.68. The number of rotatable bonds is 2. The quantitative estimate of drug-likeness (QED) is 0.858. The number of hydrogen-bond acceptors (Lipinski definition) is 3. The molecule has 4 heteroatoms. The van der Waals surface area contributed by atoms with Gasteiger partial charge in [-0.2, -0.15) is 0 Å². The molecule has 0 fully saturated rings. The van der Waals surface area contributed by atoms with E-state index in [0.717, 1.165) is 0 Å². The predicted molar refractivity (Wildman–Crippen MR) is 59.6 cm³/mol. The summed E-state index contributed by atoms with van der Waals surface area (Å²) in [5.74, 6) is 0.835. The third-order valence-electron chi connectivity index (χ3n) is 1.96. The molecule has 0 saturated carbocycles. The summed E-state index contributed by atoms with van der Waals surface area (Å²) in [5, 5.41) is 9.68. The van der Waals surface area contributed by atoms with Gasteiger partial charge in [-0.15, -0.1) is 0 Å². The summed E-state index contributed by atoms with van der Waals surface area (Å²) in [4.78, 5) is 0. The smallest absolute Gasteiger partial charge is 0.133 e. The van der Waals surface area contributed by atoms with Crippen LogP contribution < -0.4 is 10.5 Å². The fraction of sp³-hybridized carbons (Fsp3) is 0.400. The van der Waals surface area contributed by atoms with Crippen molar-refractivity contribution in [3.05, 3.63) is 22.2 Å². The minimum Gasteiger partial charge on any atom is -0.508 e. The van der Waals surface area contributed by atoms with Crippen molar-refractivity contribution in [3.8, 4) is 11.5 Å². The first-order chi connectivity index (χ1) is 6.36. The number of benzene rings is 1. The van der Waals surface area contributed by atoms with Crippen LogP contribution in [0.3, 0.4) is 0 Å². The lowest BCUT2D eigenvalue weighted by molar-refractivity contribution is 0.401. The second-order valence-electron chi connectivity index (χ2n) is 3.73. The Kier molecular flexibility index (Phi) is 3.07. The van der Waals surface area contributed by atoms with Gasteiger partial charge in [0, 0.05) is 11.1 Å². The number of methoxy groups -OCH3 is 1. The number of phenols is 1. The van der Waals surface area contributed by atoms with Crippen molar-refractivity contribution in [1.82, 2.24) is 0 Å². The molecule has 0 bridgehead atoms. The Labute approximate surface area is 92.0 Å². The van der Waals surface area contributed by atoms with E-state index in [2.05, 4.69) is 15.9 Å². The molecule has 1 aromatic carbocycles. The van der Waals surface area contributed by atoms with Crippen molar-refractivity contribution in [2.24, 2.45) is 5.73 Å². The molecule has 0 heterocycles. The Morgan fingerprint density at radius 2 is 2.00 bits per heavy atom. The lowest BCUT2D eigenvalue weighted by atomic mass is 9.94. The van der Waals surface area contributed by atoms with Gasteiger partial charge in [0.2, 0.25) is 0 Å². The predicted octanol–water partition coefficient (Wildman–Crippen LogP) is 2.36. The fourth-order valence-electron chi connectivity index (χ4n) is 1.22. The van der Waals surface area contributed by atoms with Crippen LogP contribution in [-0.2, 0) is 5.54 Å². The van der Waals surface area contributed by atoms with Crippen LogP contribution in [-0.4, -0.2) is 12.2 Å². The number of ether oxygens (including phenoxy) is 1. The molecule has 0 atom stereocenters. The van der Waals surface area contributed by atoms with Crippen molar-refractivity contribution in [3.63, 3.8) is 0 Å². The van der Waals surface area contributed by atoms with Gasteiger partial charge in [0.25, 0.3) is 0 Å². The van der Waals surface area contributed by atoms with Crippen molar-refractivity contribution in [2.75, 3.05) is 7.11 Å². The largest absolute Gasteiger partial charge is 0.508 e. The Morgan fingerprint density at radius 1 is 1.43 bits per heavy atom. The third-order valence-corrected chi connectivity index (χ3v) is 2.58. The normalized spacial score (nSPS) is 11.5. The van der Waals surface area contributed by atoms with Gasteiger partial charge in [-0.05, 0) is 41.9 Å². The molecule has 0 saturated heterocycles. The fourth-order valence-corrected chi connectivity index (χ4v) is 1.71. The number of phenolic OH excluding ortho intramolecular Hbond substituents is 1. The number of nitrogens with two attached hydrogens (primary N) is 1. The van der Waals surface area contributed by atoms with E-state index in [1.807, 2.05) is 13.8 Å². The molecule has 0 aromatic heterocycles. The molecule has 0 unspecified atom stereocenters. The molecule has 14 heavy (non-hydrogen) atoms. The molecule has 78 valence electrons. The maximum Gasteiger partial charge on any atom is 0.133 e. The van der Waals surface area contributed by atoms with Gasteiger partial charge in [-0.1, -0.05) is 0 Å². The topological polar surface area (TPSA) is 55.5 Å². The summed E-state index contributed by atoms with van der Waals surface area (Å²) < 4.78 is 5.84. The minimum atomic E-state index is -0.585. The number of aromatic hydroxyl groups is 1. The highest BCUT2D eigenvalue weighted by Crippen LogP contribution is 2.36. The van der Waals surface area contributed by atoms with Crippen molar-refractivity contribution in [2.45, 2.75) is 19.4 Å². The summed E-state index contributed by atoms with van der Waals surface area (Å²) in [7, 11) is 1.57. The van der Waals surface area contributed by atoms with E-state index in [0.29, 0.717) is 15.8 Å². The zero-order valence-electron chi connectivity index (χ0n) is 8.47. The van der Waals surface area contributed by atoms with Crippen LogP contribution in [0.25, 0.3) is 0 Å². The molecular weight excluding hydrogens is 246 g/mol. The van der Waals surface area contributed by atoms with E-state index in [1.165, 1.54) is 0 Å². The first-order valence-electron chi connectivity index (χ1n) is 4.22. The lowest BCUT2D eigenvalue weighted by Crippen LogP contribution is -2.28. The Hall–Kier alpha value is -0.740. The van der Waals surface area contributed by atoms with Gasteiger partial charge in [0.05, 0.1) is 11.6 Å². The molecule has 0 radical (unpaired) electrons. The highest BCUT2D eigenvalue weighted by molar-refractivity contribution is 9.10. The third kappa shape index (κ3) is 2.19. The van der Waals surface area contributed by atoms with Gasteiger partial charge in [-0.3, -0.25) is 0 Å². The summed E-state index contributed by atoms with van der Waals surface area (Å²) >= 11 is 3.28. The van der Waals surface area contributed by atoms with Crippen LogP contribution in [0.5, 0.6) is 11.5 Å². The van der Waals surface area contributed by atoms with E-state index in [9.17, 15) is 5.11 Å². The highest BCUT2D eigenvalue weighted by atomic mass is 79.9. The summed E-state index contributed by atoms with van der Waals surface area (Å²) in [5.41, 5.74) is 5.98. The molecule has 0 amide bonds. The minimum absolute atomic E-state index is 0.171. The van der Waals surface area contributed by atoms with E-state index in [4.69, 9.17) is 10.5 Å². The number of hydrogen-bond donors (Lipinski definition) is 2. The summed E-state index contributed by atoms with van der Waals surface area (Å²) in [6.07, 6.45) is 0. The summed E-state index contributed by atoms with van der Waals surface area (Å²) in [6, 6.07) is 3.32. The second kappa shape index (κ2) is 3.79. The Morgan fingerprint density at radius 3 is 2.43 bits per heavy atom. The first-order valence-corrected chi connectivity index (χ1v) is 5.01. The standard InChI is InChI=1S/C10H14BrNO2/c1-10(2,12)6-4-9(14-3)7(11)5-8(6)13/h4-5,13H,12H2,1-3H3. The summed E-state index contributed by atoms with van der Waals surface area (Å²) in [6.45, 7) is 3.66. The van der Waals surface area contributed by atoms with Crippen molar-refractivity contribution < 1.29 is 9.84 Å². The lowest BCUT2D eigenvalue weighted by Gasteiger charge is -2.21. The molecule has 1 rings (SSSR count). The molecule has 3 N–H and O–H groups in total. The van der Waals surface area contributed by atoms with Crippen molar-refractivity contribution in [1.29, 1.82) is 0 Å². The zero-order valence-corrected chi connectivity index (χ0v) is 10.1. The molecule has 0 aliphatic heterocycles. The average Bonchev–Trinajstić information content (AvgIpc) is 2.02. The van der Waals surface area contributed by atoms with Crippen LogP contribution in [0.4, 0.5) is 0 Å². The van der Waals surface area contributed by atoms with Gasteiger partial charge in [0.1, 0.15) is 11.5 Å². The monoisotopic (exact) mass is 259 g/mol. The van der Waals surface area contributed by atoms with Crippen LogP contribution >= 0.6 is 15.9 Å². The molecule has 0 aliphatic rings. The van der Waals surface area contributed by atoms with Crippen LogP contribution in [0.1, 0.15) is 19.4 Å². The van der Waals surface area contributed by atoms with Gasteiger partial charge >= 0.3 is 0 Å².